The first-order valence-corrected chi connectivity index (χ1v) is 7.56. The second-order valence-electron chi connectivity index (χ2n) is 5.33. The molecule has 0 aliphatic carbocycles. The van der Waals surface area contributed by atoms with Crippen molar-refractivity contribution in [3.05, 3.63) is 47.7 Å². The van der Waals surface area contributed by atoms with Crippen molar-refractivity contribution >= 4 is 28.3 Å². The van der Waals surface area contributed by atoms with Crippen molar-refractivity contribution in [2.75, 3.05) is 13.6 Å². The molecule has 0 saturated heterocycles. The van der Waals surface area contributed by atoms with E-state index in [-0.39, 0.29) is 0 Å². The van der Waals surface area contributed by atoms with Crippen LogP contribution < -0.4 is 5.32 Å². The van der Waals surface area contributed by atoms with E-state index in [0.29, 0.717) is 6.54 Å². The largest absolute Gasteiger partial charge is 0.461 e. The maximum Gasteiger partial charge on any atom is 0.169 e. The van der Waals surface area contributed by atoms with Crippen LogP contribution in [-0.4, -0.2) is 23.6 Å². The van der Waals surface area contributed by atoms with E-state index in [1.165, 1.54) is 10.9 Å². The van der Waals surface area contributed by atoms with Gasteiger partial charge in [0.1, 0.15) is 11.3 Å². The molecule has 1 aromatic heterocycles. The summed E-state index contributed by atoms with van der Waals surface area (Å²) in [6, 6.07) is 8.15. The number of hydrogen-bond acceptors (Lipinski definition) is 2. The van der Waals surface area contributed by atoms with Gasteiger partial charge >= 0.3 is 0 Å². The van der Waals surface area contributed by atoms with E-state index < -0.39 is 0 Å². The third-order valence-corrected chi connectivity index (χ3v) is 3.84. The van der Waals surface area contributed by atoms with E-state index in [2.05, 4.69) is 24.9 Å². The van der Waals surface area contributed by atoms with Gasteiger partial charge in [-0.15, -0.1) is 0 Å². The first-order chi connectivity index (χ1) is 10.0. The van der Waals surface area contributed by atoms with Gasteiger partial charge in [-0.1, -0.05) is 37.3 Å². The van der Waals surface area contributed by atoms with Crippen LogP contribution in [-0.2, 0) is 13.0 Å². The number of aryl methyl sites for hydroxylation is 1. The Morgan fingerprint density at radius 1 is 1.38 bits per heavy atom. The molecule has 0 fully saturated rings. The molecule has 0 saturated carbocycles. The molecule has 1 aromatic carbocycles. The van der Waals surface area contributed by atoms with Gasteiger partial charge in [0.2, 0.25) is 0 Å². The highest BCUT2D eigenvalue weighted by molar-refractivity contribution is 7.80. The van der Waals surface area contributed by atoms with Crippen LogP contribution in [0.5, 0.6) is 0 Å². The van der Waals surface area contributed by atoms with Crippen LogP contribution in [0.2, 0.25) is 0 Å². The molecule has 2 rings (SSSR count). The van der Waals surface area contributed by atoms with Gasteiger partial charge < -0.3 is 14.6 Å². The fourth-order valence-corrected chi connectivity index (χ4v) is 2.42. The van der Waals surface area contributed by atoms with Gasteiger partial charge in [-0.2, -0.15) is 0 Å². The van der Waals surface area contributed by atoms with Gasteiger partial charge in [-0.3, -0.25) is 0 Å². The minimum absolute atomic E-state index is 0.704. The lowest BCUT2D eigenvalue weighted by Gasteiger charge is -2.21. The molecule has 0 aliphatic heterocycles. The number of fused-ring (bicyclic) bond motifs is 1. The molecular formula is C17H22N2OS. The summed E-state index contributed by atoms with van der Waals surface area (Å²) in [4.78, 5) is 2.04. The molecule has 0 bridgehead atoms. The average molecular weight is 302 g/mol. The Kier molecular flexibility index (Phi) is 5.02. The third kappa shape index (κ3) is 3.64. The summed E-state index contributed by atoms with van der Waals surface area (Å²) in [6.07, 6.45) is 0.879. The standard InChI is InChI=1S/C17H22N2OS/c1-5-15-14(13-8-6-7-9-16(13)20-15)11-19(4)17(21)18-10-12(2)3/h6-9H,2,5,10-11H2,1,3-4H3,(H,18,21). The van der Waals surface area contributed by atoms with Crippen LogP contribution in [0.15, 0.2) is 40.8 Å². The topological polar surface area (TPSA) is 28.4 Å². The number of benzene rings is 1. The number of hydrogen-bond donors (Lipinski definition) is 1. The molecule has 3 nitrogen and oxygen atoms in total. The zero-order chi connectivity index (χ0) is 15.4. The molecule has 21 heavy (non-hydrogen) atoms. The summed E-state index contributed by atoms with van der Waals surface area (Å²) in [5, 5.41) is 5.10. The highest BCUT2D eigenvalue weighted by atomic mass is 32.1. The Balaban J connectivity index is 2.18. The zero-order valence-corrected chi connectivity index (χ0v) is 13.7. The van der Waals surface area contributed by atoms with Crippen LogP contribution in [0.3, 0.4) is 0 Å². The van der Waals surface area contributed by atoms with Crippen molar-refractivity contribution in [3.63, 3.8) is 0 Å². The molecule has 0 spiro atoms. The van der Waals surface area contributed by atoms with E-state index >= 15 is 0 Å². The molecule has 0 aliphatic rings. The van der Waals surface area contributed by atoms with E-state index in [1.807, 2.05) is 37.1 Å². The Bertz CT molecular complexity index is 660. The van der Waals surface area contributed by atoms with Crippen LogP contribution in [0.25, 0.3) is 11.0 Å². The molecule has 0 radical (unpaired) electrons. The molecule has 4 heteroatoms. The first kappa shape index (κ1) is 15.6. The predicted octanol–water partition coefficient (Wildman–Crippen LogP) is 3.88. The summed E-state index contributed by atoms with van der Waals surface area (Å²) in [7, 11) is 2.00. The molecule has 112 valence electrons. The lowest BCUT2D eigenvalue weighted by atomic mass is 10.1. The second kappa shape index (κ2) is 6.76. The predicted molar refractivity (Wildman–Crippen MR) is 92.5 cm³/mol. The minimum atomic E-state index is 0.704. The zero-order valence-electron chi connectivity index (χ0n) is 12.9. The van der Waals surface area contributed by atoms with Gasteiger partial charge in [-0.25, -0.2) is 0 Å². The second-order valence-corrected chi connectivity index (χ2v) is 5.71. The van der Waals surface area contributed by atoms with Gasteiger partial charge in [0.25, 0.3) is 0 Å². The Labute approximate surface area is 131 Å². The van der Waals surface area contributed by atoms with Crippen LogP contribution in [0.4, 0.5) is 0 Å². The van der Waals surface area contributed by atoms with Gasteiger partial charge in [0.05, 0.1) is 0 Å². The van der Waals surface area contributed by atoms with Crippen molar-refractivity contribution in [2.24, 2.45) is 0 Å². The Morgan fingerprint density at radius 3 is 2.76 bits per heavy atom. The number of para-hydroxylation sites is 1. The van der Waals surface area contributed by atoms with E-state index in [4.69, 9.17) is 16.6 Å². The van der Waals surface area contributed by atoms with Gasteiger partial charge in [-0.05, 0) is 25.2 Å². The number of nitrogens with one attached hydrogen (secondary N) is 1. The number of furan rings is 1. The van der Waals surface area contributed by atoms with Crippen molar-refractivity contribution in [2.45, 2.75) is 26.8 Å². The summed E-state index contributed by atoms with van der Waals surface area (Å²) in [5.41, 5.74) is 3.22. The summed E-state index contributed by atoms with van der Waals surface area (Å²) in [5.74, 6) is 1.03. The Morgan fingerprint density at radius 2 is 2.10 bits per heavy atom. The molecular weight excluding hydrogens is 280 g/mol. The van der Waals surface area contributed by atoms with Crippen molar-refractivity contribution in [1.82, 2.24) is 10.2 Å². The Hall–Kier alpha value is -1.81. The molecule has 0 unspecified atom stereocenters. The van der Waals surface area contributed by atoms with Crippen molar-refractivity contribution in [3.8, 4) is 0 Å². The van der Waals surface area contributed by atoms with Gasteiger partial charge in [0.15, 0.2) is 5.11 Å². The number of nitrogens with zero attached hydrogens (tertiary/aromatic N) is 1. The van der Waals surface area contributed by atoms with Crippen LogP contribution >= 0.6 is 12.2 Å². The lowest BCUT2D eigenvalue weighted by molar-refractivity contribution is 0.476. The highest BCUT2D eigenvalue weighted by Crippen LogP contribution is 2.27. The van der Waals surface area contributed by atoms with Crippen molar-refractivity contribution < 1.29 is 4.42 Å². The van der Waals surface area contributed by atoms with E-state index in [1.54, 1.807) is 0 Å². The normalized spacial score (nSPS) is 10.6. The van der Waals surface area contributed by atoms with E-state index in [9.17, 15) is 0 Å². The number of rotatable bonds is 5. The molecule has 0 atom stereocenters. The van der Waals surface area contributed by atoms with Crippen LogP contribution in [0, 0.1) is 0 Å². The SMILES string of the molecule is C=C(C)CNC(=S)N(C)Cc1c(CC)oc2ccccc12. The maximum absolute atomic E-state index is 5.92. The summed E-state index contributed by atoms with van der Waals surface area (Å²) in [6.45, 7) is 9.41. The monoisotopic (exact) mass is 302 g/mol. The lowest BCUT2D eigenvalue weighted by Crippen LogP contribution is -2.37. The smallest absolute Gasteiger partial charge is 0.169 e. The minimum Gasteiger partial charge on any atom is -0.461 e. The van der Waals surface area contributed by atoms with Gasteiger partial charge in [0, 0.05) is 37.5 Å². The fourth-order valence-electron chi connectivity index (χ4n) is 2.28. The highest BCUT2D eigenvalue weighted by Gasteiger charge is 2.15. The molecule has 1 N–H and O–H groups in total. The third-order valence-electron chi connectivity index (χ3n) is 3.39. The maximum atomic E-state index is 5.92. The summed E-state index contributed by atoms with van der Waals surface area (Å²) < 4.78 is 5.92. The quantitative estimate of drug-likeness (QED) is 0.670. The molecule has 1 heterocycles. The van der Waals surface area contributed by atoms with E-state index in [0.717, 1.165) is 35.0 Å². The molecule has 0 amide bonds. The van der Waals surface area contributed by atoms with Crippen LogP contribution in [0.1, 0.15) is 25.2 Å². The average Bonchev–Trinajstić information content (AvgIpc) is 2.82. The van der Waals surface area contributed by atoms with Crippen molar-refractivity contribution in [1.29, 1.82) is 0 Å². The number of thiocarbonyl (C=S) groups is 1. The summed E-state index contributed by atoms with van der Waals surface area (Å²) >= 11 is 5.41. The molecule has 2 aromatic rings. The fraction of sp³-hybridized carbons (Fsp3) is 0.353. The first-order valence-electron chi connectivity index (χ1n) is 7.15.